The summed E-state index contributed by atoms with van der Waals surface area (Å²) in [6, 6.07) is 0. The van der Waals surface area contributed by atoms with Crippen LogP contribution in [0.1, 0.15) is 41.0 Å². The predicted octanol–water partition coefficient (Wildman–Crippen LogP) is 5.43. The van der Waals surface area contributed by atoms with Gasteiger partial charge in [0.15, 0.2) is 0 Å². The Morgan fingerprint density at radius 3 is 1.23 bits per heavy atom. The van der Waals surface area contributed by atoms with Crippen LogP contribution in [0.2, 0.25) is 0 Å². The number of azide groups is 3. The summed E-state index contributed by atoms with van der Waals surface area (Å²) in [7, 11) is 0. The van der Waals surface area contributed by atoms with Crippen molar-refractivity contribution in [3.8, 4) is 0 Å². The minimum Gasteiger partial charge on any atom is -0.381 e. The Kier molecular flexibility index (Phi) is 27.8. The summed E-state index contributed by atoms with van der Waals surface area (Å²) in [6.45, 7) is 6.39. The highest BCUT2D eigenvalue weighted by Gasteiger charge is 2.32. The quantitative estimate of drug-likeness (QED) is 0.0987. The molecule has 13 heteroatoms. The molecule has 0 unspecified atom stereocenters. The second-order valence-electron chi connectivity index (χ2n) is 6.22. The van der Waals surface area contributed by atoms with E-state index in [1.54, 1.807) is 0 Å². The lowest BCUT2D eigenvalue weighted by Crippen LogP contribution is -2.42. The summed E-state index contributed by atoms with van der Waals surface area (Å²) in [5, 5.41) is 10.5. The van der Waals surface area contributed by atoms with Crippen molar-refractivity contribution in [2.45, 2.75) is 41.0 Å². The first kappa shape index (κ1) is 33.4. The van der Waals surface area contributed by atoms with E-state index >= 15 is 0 Å². The van der Waals surface area contributed by atoms with Crippen molar-refractivity contribution in [2.24, 2.45) is 20.8 Å². The zero-order chi connectivity index (χ0) is 21.5. The van der Waals surface area contributed by atoms with Crippen LogP contribution in [-0.2, 0) is 18.9 Å². The maximum Gasteiger partial charge on any atom is 0.0637 e. The van der Waals surface area contributed by atoms with Gasteiger partial charge in [-0.2, -0.15) is 0 Å². The molecule has 13 nitrogen and oxygen atoms in total. The number of nitrogens with zero attached hydrogens (tertiary/aromatic N) is 9. The summed E-state index contributed by atoms with van der Waals surface area (Å²) in [5.74, 6) is 0. The van der Waals surface area contributed by atoms with Crippen molar-refractivity contribution in [3.63, 3.8) is 0 Å². The van der Waals surface area contributed by atoms with Gasteiger partial charge in [0.2, 0.25) is 0 Å². The van der Waals surface area contributed by atoms with Crippen molar-refractivity contribution in [1.82, 2.24) is 0 Å². The molecule has 0 aromatic heterocycles. The van der Waals surface area contributed by atoms with Crippen LogP contribution in [-0.4, -0.2) is 72.5 Å². The Labute approximate surface area is 185 Å². The van der Waals surface area contributed by atoms with Crippen molar-refractivity contribution < 1.29 is 18.9 Å². The topological polar surface area (TPSA) is 183 Å². The highest BCUT2D eigenvalue weighted by molar-refractivity contribution is 4.79. The van der Waals surface area contributed by atoms with Crippen LogP contribution in [0.4, 0.5) is 0 Å². The molecule has 0 rings (SSSR count). The van der Waals surface area contributed by atoms with Crippen molar-refractivity contribution in [1.29, 1.82) is 0 Å². The number of hydrogen-bond acceptors (Lipinski definition) is 7. The van der Waals surface area contributed by atoms with Gasteiger partial charge in [-0.15, -0.1) is 0 Å². The largest absolute Gasteiger partial charge is 0.381 e. The summed E-state index contributed by atoms with van der Waals surface area (Å²) in [6.07, 6.45) is 1.86. The molecule has 0 atom stereocenters. The smallest absolute Gasteiger partial charge is 0.0637 e. The van der Waals surface area contributed by atoms with E-state index < -0.39 is 5.41 Å². The lowest BCUT2D eigenvalue weighted by atomic mass is 9.92. The zero-order valence-corrected chi connectivity index (χ0v) is 17.1. The Balaban J connectivity index is -0.00000392. The Morgan fingerprint density at radius 2 is 0.935 bits per heavy atom. The standard InChI is InChI=1S/C16H31N9O4.2CH4/c1-2-26-12-16(13-27-9-3-6-20-23-17,14-28-10-4-7-21-24-18)15-29-11-5-8-22-25-19;;/h2-15H2,1H3;2*1H4. The van der Waals surface area contributed by atoms with Gasteiger partial charge in [-0.25, -0.2) is 0 Å². The third kappa shape index (κ3) is 20.8. The first-order valence-electron chi connectivity index (χ1n) is 9.58. The van der Waals surface area contributed by atoms with E-state index in [2.05, 4.69) is 30.1 Å². The van der Waals surface area contributed by atoms with E-state index in [0.29, 0.717) is 91.8 Å². The van der Waals surface area contributed by atoms with E-state index in [4.69, 9.17) is 35.5 Å². The maximum absolute atomic E-state index is 8.31. The maximum atomic E-state index is 8.31. The van der Waals surface area contributed by atoms with Gasteiger partial charge >= 0.3 is 0 Å². The van der Waals surface area contributed by atoms with Crippen LogP contribution in [0, 0.1) is 5.41 Å². The van der Waals surface area contributed by atoms with Gasteiger partial charge in [0.05, 0.1) is 31.8 Å². The lowest BCUT2D eigenvalue weighted by molar-refractivity contribution is -0.105. The molecule has 0 radical (unpaired) electrons. The normalized spacial score (nSPS) is 11.5. The first-order valence-corrected chi connectivity index (χ1v) is 9.58. The fraction of sp³-hybridized carbons (Fsp3) is 1.00. The fourth-order valence-corrected chi connectivity index (χ4v) is 2.28. The molecule has 0 spiro atoms. The van der Waals surface area contributed by atoms with Crippen LogP contribution in [0.3, 0.4) is 0 Å². The minimum atomic E-state index is -0.508. The molecule has 0 bridgehead atoms. The van der Waals surface area contributed by atoms with Crippen molar-refractivity contribution >= 4 is 0 Å². The number of rotatable bonds is 21. The summed E-state index contributed by atoms with van der Waals surface area (Å²) < 4.78 is 23.0. The van der Waals surface area contributed by atoms with Crippen LogP contribution >= 0.6 is 0 Å². The fourth-order valence-electron chi connectivity index (χ4n) is 2.28. The SMILES string of the molecule is C.C.CCOCC(COCCCN=[N+]=[N-])(COCCCN=[N+]=[N-])COCCCN=[N+]=[N-]. The van der Waals surface area contributed by atoms with Crippen LogP contribution in [0.5, 0.6) is 0 Å². The summed E-state index contributed by atoms with van der Waals surface area (Å²) in [4.78, 5) is 8.14. The molecule has 0 aliphatic heterocycles. The molecule has 0 N–H and O–H groups in total. The van der Waals surface area contributed by atoms with E-state index in [1.165, 1.54) is 0 Å². The second-order valence-corrected chi connectivity index (χ2v) is 6.22. The third-order valence-corrected chi connectivity index (χ3v) is 3.67. The van der Waals surface area contributed by atoms with Gasteiger partial charge < -0.3 is 18.9 Å². The molecule has 0 saturated heterocycles. The Morgan fingerprint density at radius 1 is 0.613 bits per heavy atom. The molecular formula is C18H39N9O4. The first-order chi connectivity index (χ1) is 14.2. The molecule has 0 aliphatic carbocycles. The van der Waals surface area contributed by atoms with Crippen LogP contribution in [0.15, 0.2) is 15.3 Å². The summed E-state index contributed by atoms with van der Waals surface area (Å²) in [5.41, 5.74) is 24.4. The monoisotopic (exact) mass is 445 g/mol. The zero-order valence-electron chi connectivity index (χ0n) is 17.1. The van der Waals surface area contributed by atoms with Gasteiger partial charge in [-0.05, 0) is 42.8 Å². The highest BCUT2D eigenvalue weighted by atomic mass is 16.5. The van der Waals surface area contributed by atoms with E-state index in [9.17, 15) is 0 Å². The molecule has 0 aromatic rings. The number of ether oxygens (including phenoxy) is 4. The molecule has 0 aliphatic rings. The Hall–Kier alpha value is -2.23. The average molecular weight is 446 g/mol. The van der Waals surface area contributed by atoms with Gasteiger partial charge in [0.25, 0.3) is 0 Å². The molecule has 180 valence electrons. The van der Waals surface area contributed by atoms with Gasteiger partial charge in [0, 0.05) is 60.8 Å². The third-order valence-electron chi connectivity index (χ3n) is 3.67. The van der Waals surface area contributed by atoms with Gasteiger partial charge in [0.1, 0.15) is 0 Å². The van der Waals surface area contributed by atoms with E-state index in [1.807, 2.05) is 6.92 Å². The molecule has 31 heavy (non-hydrogen) atoms. The second kappa shape index (κ2) is 25.8. The molecule has 0 saturated carbocycles. The van der Waals surface area contributed by atoms with Crippen LogP contribution in [0.25, 0.3) is 31.3 Å². The minimum absolute atomic E-state index is 0. The average Bonchev–Trinajstić information content (AvgIpc) is 2.74. The lowest BCUT2D eigenvalue weighted by Gasteiger charge is -2.33. The molecular weight excluding hydrogens is 406 g/mol. The molecule has 0 fully saturated rings. The number of hydrogen-bond donors (Lipinski definition) is 0. The van der Waals surface area contributed by atoms with Crippen LogP contribution < -0.4 is 0 Å². The van der Waals surface area contributed by atoms with Crippen molar-refractivity contribution in [2.75, 3.05) is 72.5 Å². The highest BCUT2D eigenvalue weighted by Crippen LogP contribution is 2.21. The molecule has 0 aromatic carbocycles. The van der Waals surface area contributed by atoms with Crippen molar-refractivity contribution in [3.05, 3.63) is 31.3 Å². The predicted molar refractivity (Wildman–Crippen MR) is 121 cm³/mol. The molecule has 0 heterocycles. The summed E-state index contributed by atoms with van der Waals surface area (Å²) >= 11 is 0. The van der Waals surface area contributed by atoms with Gasteiger partial charge in [-0.3, -0.25) is 0 Å². The van der Waals surface area contributed by atoms with Gasteiger partial charge in [-0.1, -0.05) is 30.2 Å². The van der Waals surface area contributed by atoms with E-state index in [-0.39, 0.29) is 14.9 Å². The molecule has 0 amide bonds. The Bertz CT molecular complexity index is 477. The van der Waals surface area contributed by atoms with E-state index in [0.717, 1.165) is 0 Å².